The first kappa shape index (κ1) is 30.6. The van der Waals surface area contributed by atoms with Crippen molar-refractivity contribution in [3.05, 3.63) is 83.2 Å². The molecule has 0 aliphatic heterocycles. The molecular weight excluding hydrogens is 524 g/mol. The monoisotopic (exact) mass is 570 g/mol. The number of methoxy groups -OCH3 is 2. The van der Waals surface area contributed by atoms with Gasteiger partial charge in [-0.15, -0.1) is 0 Å². The highest BCUT2D eigenvalue weighted by Gasteiger charge is 2.24. The standard InChI is InChI=1S/2C18H23NO2/c2*1-21-12-13-2-5-15(6-3-13)17-9-7-16-10-14(11-20)4-8-18(16)19-17/h2*4,7-10,13,15,20H,2-3,5-6,11-12H2,1H3. The van der Waals surface area contributed by atoms with Crippen LogP contribution in [-0.2, 0) is 22.7 Å². The molecule has 0 atom stereocenters. The Bertz CT molecular complexity index is 1320. The molecule has 2 aliphatic rings. The van der Waals surface area contributed by atoms with E-state index in [0.29, 0.717) is 11.8 Å². The number of aliphatic hydroxyl groups excluding tert-OH is 2. The van der Waals surface area contributed by atoms with E-state index in [1.165, 1.54) is 62.8 Å². The van der Waals surface area contributed by atoms with Gasteiger partial charge in [0.25, 0.3) is 0 Å². The van der Waals surface area contributed by atoms with Crippen LogP contribution >= 0.6 is 0 Å². The van der Waals surface area contributed by atoms with Crippen molar-refractivity contribution >= 4 is 21.8 Å². The second kappa shape index (κ2) is 15.0. The van der Waals surface area contributed by atoms with Crippen LogP contribution in [0.1, 0.15) is 85.7 Å². The fraction of sp³-hybridized carbons (Fsp3) is 0.500. The Morgan fingerprint density at radius 1 is 0.571 bits per heavy atom. The van der Waals surface area contributed by atoms with Crippen molar-refractivity contribution in [2.24, 2.45) is 11.8 Å². The summed E-state index contributed by atoms with van der Waals surface area (Å²) in [5.74, 6) is 2.61. The summed E-state index contributed by atoms with van der Waals surface area (Å²) in [4.78, 5) is 9.66. The van der Waals surface area contributed by atoms with E-state index < -0.39 is 0 Å². The molecule has 6 rings (SSSR count). The Morgan fingerprint density at radius 2 is 0.976 bits per heavy atom. The molecule has 0 bridgehead atoms. The molecule has 6 heteroatoms. The van der Waals surface area contributed by atoms with E-state index >= 15 is 0 Å². The van der Waals surface area contributed by atoms with Gasteiger partial charge < -0.3 is 19.7 Å². The van der Waals surface area contributed by atoms with Crippen molar-refractivity contribution in [1.82, 2.24) is 9.97 Å². The lowest BCUT2D eigenvalue weighted by molar-refractivity contribution is 0.127. The number of hydrogen-bond acceptors (Lipinski definition) is 6. The SMILES string of the molecule is COCC1CCC(c2ccc3cc(CO)ccc3n2)CC1.COCC1CCC(c2ccc3cc(CO)ccc3n2)CC1. The van der Waals surface area contributed by atoms with Crippen molar-refractivity contribution in [1.29, 1.82) is 0 Å². The largest absolute Gasteiger partial charge is 0.392 e. The summed E-state index contributed by atoms with van der Waals surface area (Å²) in [7, 11) is 3.58. The van der Waals surface area contributed by atoms with Gasteiger partial charge >= 0.3 is 0 Å². The van der Waals surface area contributed by atoms with Gasteiger partial charge in [-0.25, -0.2) is 0 Å². The van der Waals surface area contributed by atoms with Gasteiger partial charge in [0.15, 0.2) is 0 Å². The average molecular weight is 571 g/mol. The molecule has 2 aliphatic carbocycles. The van der Waals surface area contributed by atoms with Crippen LogP contribution in [0.25, 0.3) is 21.8 Å². The first-order valence-electron chi connectivity index (χ1n) is 15.6. The predicted octanol–water partition coefficient (Wildman–Crippen LogP) is 7.29. The smallest absolute Gasteiger partial charge is 0.0705 e. The van der Waals surface area contributed by atoms with E-state index in [-0.39, 0.29) is 13.2 Å². The molecule has 2 fully saturated rings. The van der Waals surface area contributed by atoms with E-state index in [1.54, 1.807) is 14.2 Å². The van der Waals surface area contributed by atoms with Crippen LogP contribution in [0.4, 0.5) is 0 Å². The molecule has 2 N–H and O–H groups in total. The maximum absolute atomic E-state index is 9.19. The fourth-order valence-corrected chi connectivity index (χ4v) is 6.75. The van der Waals surface area contributed by atoms with Crippen molar-refractivity contribution < 1.29 is 19.7 Å². The zero-order chi connectivity index (χ0) is 29.3. The molecule has 4 aromatic rings. The number of aliphatic hydroxyl groups is 2. The molecule has 0 spiro atoms. The zero-order valence-electron chi connectivity index (χ0n) is 25.2. The van der Waals surface area contributed by atoms with Crippen LogP contribution in [0.2, 0.25) is 0 Å². The van der Waals surface area contributed by atoms with Gasteiger partial charge in [-0.2, -0.15) is 0 Å². The Kier molecular flexibility index (Phi) is 10.9. The van der Waals surface area contributed by atoms with E-state index in [2.05, 4.69) is 24.3 Å². The third-order valence-corrected chi connectivity index (χ3v) is 9.25. The topological polar surface area (TPSA) is 84.7 Å². The minimum atomic E-state index is 0.0845. The number of rotatable bonds is 8. The van der Waals surface area contributed by atoms with Gasteiger partial charge in [0.2, 0.25) is 0 Å². The van der Waals surface area contributed by atoms with Crippen LogP contribution in [0, 0.1) is 11.8 Å². The van der Waals surface area contributed by atoms with Gasteiger partial charge in [0.1, 0.15) is 0 Å². The summed E-state index contributed by atoms with van der Waals surface area (Å²) in [6, 6.07) is 20.6. The van der Waals surface area contributed by atoms with Gasteiger partial charge in [-0.05, 0) is 111 Å². The van der Waals surface area contributed by atoms with Gasteiger partial charge in [-0.1, -0.05) is 24.3 Å². The minimum absolute atomic E-state index is 0.0845. The normalized spacial score (nSPS) is 22.6. The first-order valence-corrected chi connectivity index (χ1v) is 15.6. The van der Waals surface area contributed by atoms with Crippen molar-refractivity contribution in [3.63, 3.8) is 0 Å². The maximum atomic E-state index is 9.19. The Morgan fingerprint density at radius 3 is 1.33 bits per heavy atom. The zero-order valence-corrected chi connectivity index (χ0v) is 25.2. The number of aromatic nitrogens is 2. The number of nitrogens with zero attached hydrogens (tertiary/aromatic N) is 2. The molecule has 2 saturated carbocycles. The lowest BCUT2D eigenvalue weighted by Gasteiger charge is -2.27. The number of ether oxygens (including phenoxy) is 2. The van der Waals surface area contributed by atoms with Crippen LogP contribution in [-0.4, -0.2) is 47.6 Å². The summed E-state index contributed by atoms with van der Waals surface area (Å²) in [5.41, 5.74) is 6.38. The molecule has 0 saturated heterocycles. The second-order valence-electron chi connectivity index (χ2n) is 12.2. The number of pyridine rings is 2. The average Bonchev–Trinajstić information content (AvgIpc) is 3.05. The molecule has 0 unspecified atom stereocenters. The molecule has 2 aromatic carbocycles. The third-order valence-electron chi connectivity index (χ3n) is 9.25. The highest BCUT2D eigenvalue weighted by Crippen LogP contribution is 2.37. The summed E-state index contributed by atoms with van der Waals surface area (Å²) in [6.45, 7) is 1.95. The molecule has 6 nitrogen and oxygen atoms in total. The molecule has 2 heterocycles. The second-order valence-corrected chi connectivity index (χ2v) is 12.2. The number of hydrogen-bond donors (Lipinski definition) is 2. The first-order chi connectivity index (χ1) is 20.6. The van der Waals surface area contributed by atoms with Crippen molar-refractivity contribution in [3.8, 4) is 0 Å². The molecular formula is C36H46N2O4. The van der Waals surface area contributed by atoms with Crippen molar-refractivity contribution in [2.45, 2.75) is 76.4 Å². The Balaban J connectivity index is 0.000000168. The molecule has 42 heavy (non-hydrogen) atoms. The minimum Gasteiger partial charge on any atom is -0.392 e. The lowest BCUT2D eigenvalue weighted by atomic mass is 9.80. The van der Waals surface area contributed by atoms with Gasteiger partial charge in [0.05, 0.1) is 24.2 Å². The summed E-state index contributed by atoms with van der Waals surface area (Å²) < 4.78 is 10.5. The van der Waals surface area contributed by atoms with Crippen LogP contribution in [0.5, 0.6) is 0 Å². The van der Waals surface area contributed by atoms with E-state index in [0.717, 1.165) is 58.0 Å². The van der Waals surface area contributed by atoms with Crippen LogP contribution in [0.15, 0.2) is 60.7 Å². The fourth-order valence-electron chi connectivity index (χ4n) is 6.75. The Hall–Kier alpha value is -2.90. The number of fused-ring (bicyclic) bond motifs is 2. The highest BCUT2D eigenvalue weighted by atomic mass is 16.5. The van der Waals surface area contributed by atoms with Gasteiger partial charge in [-0.3, -0.25) is 9.97 Å². The summed E-state index contributed by atoms with van der Waals surface area (Å²) in [6.07, 6.45) is 9.79. The van der Waals surface area contributed by atoms with Gasteiger partial charge in [0, 0.05) is 61.4 Å². The maximum Gasteiger partial charge on any atom is 0.0705 e. The van der Waals surface area contributed by atoms with E-state index in [4.69, 9.17) is 19.4 Å². The van der Waals surface area contributed by atoms with E-state index in [9.17, 15) is 10.2 Å². The summed E-state index contributed by atoms with van der Waals surface area (Å²) in [5, 5.41) is 20.6. The Labute approximate surface area is 250 Å². The van der Waals surface area contributed by atoms with E-state index in [1.807, 2.05) is 36.4 Å². The molecule has 0 radical (unpaired) electrons. The molecule has 224 valence electrons. The lowest BCUT2D eigenvalue weighted by Crippen LogP contribution is -2.17. The molecule has 2 aromatic heterocycles. The number of benzene rings is 2. The van der Waals surface area contributed by atoms with Crippen LogP contribution in [0.3, 0.4) is 0 Å². The quantitative estimate of drug-likeness (QED) is 0.231. The summed E-state index contributed by atoms with van der Waals surface area (Å²) >= 11 is 0. The third kappa shape index (κ3) is 7.73. The molecule has 0 amide bonds. The van der Waals surface area contributed by atoms with Crippen LogP contribution < -0.4 is 0 Å². The highest BCUT2D eigenvalue weighted by molar-refractivity contribution is 5.80. The van der Waals surface area contributed by atoms with Crippen molar-refractivity contribution in [2.75, 3.05) is 27.4 Å². The predicted molar refractivity (Wildman–Crippen MR) is 168 cm³/mol.